The monoisotopic (exact) mass is 364 g/mol. The van der Waals surface area contributed by atoms with Gasteiger partial charge in [-0.15, -0.1) is 0 Å². The van der Waals surface area contributed by atoms with Crippen molar-refractivity contribution < 1.29 is 18.0 Å². The number of amides is 2. The van der Waals surface area contributed by atoms with Gasteiger partial charge < -0.3 is 15.1 Å². The summed E-state index contributed by atoms with van der Waals surface area (Å²) in [5, 5.41) is 2.75. The number of urea groups is 1. The Morgan fingerprint density at radius 2 is 1.73 bits per heavy atom. The number of alkyl halides is 3. The van der Waals surface area contributed by atoms with Crippen LogP contribution in [0.15, 0.2) is 48.7 Å². The average Bonchev–Trinajstić information content (AvgIpc) is 2.66. The van der Waals surface area contributed by atoms with Gasteiger partial charge in [-0.1, -0.05) is 18.2 Å². The van der Waals surface area contributed by atoms with Gasteiger partial charge in [0.15, 0.2) is 0 Å². The fourth-order valence-electron chi connectivity index (χ4n) is 2.78. The summed E-state index contributed by atoms with van der Waals surface area (Å²) in [4.78, 5) is 20.3. The van der Waals surface area contributed by atoms with E-state index in [0.717, 1.165) is 18.0 Å². The molecule has 26 heavy (non-hydrogen) atoms. The van der Waals surface area contributed by atoms with Crippen molar-refractivity contribution in [1.29, 1.82) is 0 Å². The smallest absolute Gasteiger partial charge is 0.353 e. The van der Waals surface area contributed by atoms with Crippen LogP contribution in [-0.2, 0) is 12.7 Å². The average molecular weight is 364 g/mol. The number of benzene rings is 1. The molecule has 1 fully saturated rings. The molecule has 5 nitrogen and oxygen atoms in total. The van der Waals surface area contributed by atoms with Crippen molar-refractivity contribution in [2.45, 2.75) is 12.7 Å². The van der Waals surface area contributed by atoms with Gasteiger partial charge in [-0.2, -0.15) is 13.2 Å². The third-order valence-electron chi connectivity index (χ3n) is 4.27. The Hall–Kier alpha value is -2.77. The third-order valence-corrected chi connectivity index (χ3v) is 4.27. The van der Waals surface area contributed by atoms with E-state index in [-0.39, 0.29) is 12.6 Å². The minimum Gasteiger partial charge on any atom is -0.353 e. The molecule has 2 aromatic rings. The minimum atomic E-state index is -4.35. The fraction of sp³-hybridized carbons (Fsp3) is 0.333. The second-order valence-corrected chi connectivity index (χ2v) is 6.02. The molecule has 1 aromatic heterocycles. The number of nitrogens with zero attached hydrogens (tertiary/aromatic N) is 3. The van der Waals surface area contributed by atoms with E-state index in [1.54, 1.807) is 11.1 Å². The number of halogens is 3. The van der Waals surface area contributed by atoms with E-state index in [1.165, 1.54) is 12.1 Å². The molecule has 0 atom stereocenters. The molecule has 1 aliphatic heterocycles. The Morgan fingerprint density at radius 3 is 2.31 bits per heavy atom. The minimum absolute atomic E-state index is 0.192. The first-order valence-corrected chi connectivity index (χ1v) is 8.28. The van der Waals surface area contributed by atoms with Crippen LogP contribution in [0.5, 0.6) is 0 Å². The predicted octanol–water partition coefficient (Wildman–Crippen LogP) is 3.13. The number of piperazine rings is 1. The van der Waals surface area contributed by atoms with Gasteiger partial charge in [-0.05, 0) is 29.8 Å². The highest BCUT2D eigenvalue weighted by atomic mass is 19.4. The molecule has 0 saturated carbocycles. The summed E-state index contributed by atoms with van der Waals surface area (Å²) in [5.41, 5.74) is -0.0725. The summed E-state index contributed by atoms with van der Waals surface area (Å²) in [5.74, 6) is 0.886. The van der Waals surface area contributed by atoms with Crippen molar-refractivity contribution in [1.82, 2.24) is 15.2 Å². The highest BCUT2D eigenvalue weighted by Crippen LogP contribution is 2.29. The number of pyridine rings is 1. The van der Waals surface area contributed by atoms with Crippen molar-refractivity contribution in [2.24, 2.45) is 0 Å². The number of nitrogens with one attached hydrogen (secondary N) is 1. The molecule has 1 N–H and O–H groups in total. The molecule has 0 unspecified atom stereocenters. The summed E-state index contributed by atoms with van der Waals surface area (Å²) in [6, 6.07) is 10.3. The van der Waals surface area contributed by atoms with E-state index in [4.69, 9.17) is 0 Å². The molecule has 0 bridgehead atoms. The van der Waals surface area contributed by atoms with Crippen LogP contribution in [-0.4, -0.2) is 42.1 Å². The van der Waals surface area contributed by atoms with Crippen molar-refractivity contribution in [3.05, 3.63) is 59.8 Å². The molecule has 0 radical (unpaired) electrons. The zero-order chi connectivity index (χ0) is 18.6. The number of anilines is 1. The first-order chi connectivity index (χ1) is 12.4. The Kier molecular flexibility index (Phi) is 5.29. The number of rotatable bonds is 3. The lowest BCUT2D eigenvalue weighted by Gasteiger charge is -2.35. The van der Waals surface area contributed by atoms with E-state index in [9.17, 15) is 18.0 Å². The number of aromatic nitrogens is 1. The Labute approximate surface area is 149 Å². The van der Waals surface area contributed by atoms with Gasteiger partial charge in [0.1, 0.15) is 5.82 Å². The largest absolute Gasteiger partial charge is 0.416 e. The maximum absolute atomic E-state index is 12.5. The lowest BCUT2D eigenvalue weighted by molar-refractivity contribution is -0.137. The van der Waals surface area contributed by atoms with Crippen LogP contribution in [0, 0.1) is 0 Å². The lowest BCUT2D eigenvalue weighted by Crippen LogP contribution is -2.51. The van der Waals surface area contributed by atoms with Crippen molar-refractivity contribution >= 4 is 11.8 Å². The number of hydrogen-bond donors (Lipinski definition) is 1. The summed E-state index contributed by atoms with van der Waals surface area (Å²) in [7, 11) is 0. The van der Waals surface area contributed by atoms with Crippen molar-refractivity contribution in [3.8, 4) is 0 Å². The van der Waals surface area contributed by atoms with Gasteiger partial charge in [-0.25, -0.2) is 9.78 Å². The number of carbonyl (C=O) groups excluding carboxylic acids is 1. The predicted molar refractivity (Wildman–Crippen MR) is 91.7 cm³/mol. The second-order valence-electron chi connectivity index (χ2n) is 6.02. The second kappa shape index (κ2) is 7.63. The van der Waals surface area contributed by atoms with E-state index in [1.807, 2.05) is 18.2 Å². The standard InChI is InChI=1S/C18H19F3N4O/c19-18(20,21)15-6-4-14(5-7-15)13-23-17(26)25-11-9-24(10-12-25)16-3-1-2-8-22-16/h1-8H,9-13H2,(H,23,26). The Bertz CT molecular complexity index is 726. The van der Waals surface area contributed by atoms with Crippen LogP contribution in [0.25, 0.3) is 0 Å². The molecule has 1 aliphatic rings. The lowest BCUT2D eigenvalue weighted by atomic mass is 10.1. The summed E-state index contributed by atoms with van der Waals surface area (Å²) in [6.07, 6.45) is -2.62. The van der Waals surface area contributed by atoms with Crippen LogP contribution in [0.3, 0.4) is 0 Å². The van der Waals surface area contributed by atoms with Gasteiger partial charge >= 0.3 is 12.2 Å². The fourth-order valence-corrected chi connectivity index (χ4v) is 2.78. The summed E-state index contributed by atoms with van der Waals surface area (Å²) >= 11 is 0. The maximum Gasteiger partial charge on any atom is 0.416 e. The molecule has 3 rings (SSSR count). The number of hydrogen-bond acceptors (Lipinski definition) is 3. The summed E-state index contributed by atoms with van der Waals surface area (Å²) in [6.45, 7) is 2.69. The van der Waals surface area contributed by atoms with Crippen LogP contribution >= 0.6 is 0 Å². The van der Waals surface area contributed by atoms with E-state index in [2.05, 4.69) is 15.2 Å². The Morgan fingerprint density at radius 1 is 1.04 bits per heavy atom. The molecule has 2 amide bonds. The Balaban J connectivity index is 1.47. The first-order valence-electron chi connectivity index (χ1n) is 8.28. The van der Waals surface area contributed by atoms with E-state index < -0.39 is 11.7 Å². The van der Waals surface area contributed by atoms with Crippen LogP contribution in [0.4, 0.5) is 23.8 Å². The van der Waals surface area contributed by atoms with E-state index >= 15 is 0 Å². The third kappa shape index (κ3) is 4.44. The van der Waals surface area contributed by atoms with Gasteiger partial charge in [0.2, 0.25) is 0 Å². The maximum atomic E-state index is 12.5. The van der Waals surface area contributed by atoms with Crippen LogP contribution in [0.2, 0.25) is 0 Å². The molecular weight excluding hydrogens is 345 g/mol. The molecule has 0 aliphatic carbocycles. The van der Waals surface area contributed by atoms with Gasteiger partial charge in [-0.3, -0.25) is 0 Å². The number of carbonyl (C=O) groups is 1. The quantitative estimate of drug-likeness (QED) is 0.910. The van der Waals surface area contributed by atoms with Gasteiger partial charge in [0.05, 0.1) is 5.56 Å². The molecule has 1 aromatic carbocycles. The SMILES string of the molecule is O=C(NCc1ccc(C(F)(F)F)cc1)N1CCN(c2ccccn2)CC1. The zero-order valence-corrected chi connectivity index (χ0v) is 14.0. The highest BCUT2D eigenvalue weighted by molar-refractivity contribution is 5.74. The van der Waals surface area contributed by atoms with E-state index in [0.29, 0.717) is 31.7 Å². The first kappa shape index (κ1) is 18.0. The highest BCUT2D eigenvalue weighted by Gasteiger charge is 2.30. The summed E-state index contributed by atoms with van der Waals surface area (Å²) < 4.78 is 37.6. The van der Waals surface area contributed by atoms with Crippen LogP contribution < -0.4 is 10.2 Å². The molecular formula is C18H19F3N4O. The van der Waals surface area contributed by atoms with Crippen LogP contribution in [0.1, 0.15) is 11.1 Å². The molecule has 1 saturated heterocycles. The molecule has 2 heterocycles. The van der Waals surface area contributed by atoms with Gasteiger partial charge in [0.25, 0.3) is 0 Å². The molecule has 0 spiro atoms. The molecule has 8 heteroatoms. The van der Waals surface area contributed by atoms with Gasteiger partial charge in [0, 0.05) is 38.9 Å². The normalized spacial score (nSPS) is 15.0. The zero-order valence-electron chi connectivity index (χ0n) is 14.0. The van der Waals surface area contributed by atoms with Crippen molar-refractivity contribution in [2.75, 3.05) is 31.1 Å². The molecule has 138 valence electrons. The topological polar surface area (TPSA) is 48.5 Å². The van der Waals surface area contributed by atoms with Crippen molar-refractivity contribution in [3.63, 3.8) is 0 Å².